The van der Waals surface area contributed by atoms with Crippen LogP contribution >= 0.6 is 0 Å². The van der Waals surface area contributed by atoms with Crippen LogP contribution in [0.5, 0.6) is 0 Å². The van der Waals surface area contributed by atoms with Crippen LogP contribution in [0.2, 0.25) is 0 Å². The Morgan fingerprint density at radius 2 is 1.62 bits per heavy atom. The quantitative estimate of drug-likeness (QED) is 0.334. The molecule has 2 unspecified atom stereocenters. The van der Waals surface area contributed by atoms with Gasteiger partial charge in [-0.3, -0.25) is 0 Å². The summed E-state index contributed by atoms with van der Waals surface area (Å²) in [5, 5.41) is 0. The van der Waals surface area contributed by atoms with E-state index in [9.17, 15) is 4.79 Å². The molecule has 0 aliphatic heterocycles. The zero-order valence-electron chi connectivity index (χ0n) is 15.2. The molecule has 2 atom stereocenters. The minimum atomic E-state index is -0.247. The molecule has 0 radical (unpaired) electrons. The number of ether oxygens (including phenoxy) is 1. The normalized spacial score (nSPS) is 16.5. The van der Waals surface area contributed by atoms with E-state index < -0.39 is 0 Å². The molecule has 0 spiro atoms. The van der Waals surface area contributed by atoms with Crippen molar-refractivity contribution in [1.82, 2.24) is 0 Å². The summed E-state index contributed by atoms with van der Waals surface area (Å²) in [7, 11) is 0. The van der Waals surface area contributed by atoms with E-state index in [1.807, 2.05) is 13.8 Å². The summed E-state index contributed by atoms with van der Waals surface area (Å²) in [6, 6.07) is 0. The van der Waals surface area contributed by atoms with Gasteiger partial charge >= 0.3 is 5.97 Å². The van der Waals surface area contributed by atoms with E-state index in [1.54, 1.807) is 6.08 Å². The van der Waals surface area contributed by atoms with Crippen LogP contribution in [0.3, 0.4) is 0 Å². The molecule has 0 amide bonds. The first-order valence-electron chi connectivity index (χ1n) is 8.23. The predicted octanol–water partition coefficient (Wildman–Crippen LogP) is 5.54. The molecule has 0 aromatic carbocycles. The number of hydrogen-bond acceptors (Lipinski definition) is 2. The highest BCUT2D eigenvalue weighted by Gasteiger charge is 2.13. The van der Waals surface area contributed by atoms with Gasteiger partial charge in [-0.05, 0) is 69.4 Å². The van der Waals surface area contributed by atoms with Crippen molar-refractivity contribution in [3.8, 4) is 0 Å². The molecule has 0 bridgehead atoms. The molecule has 0 saturated carbocycles. The van der Waals surface area contributed by atoms with Crippen LogP contribution in [0.15, 0.2) is 22.8 Å². The summed E-state index contributed by atoms with van der Waals surface area (Å²) in [5.74, 6) is 1.81. The van der Waals surface area contributed by atoms with Crippen LogP contribution in [0, 0.1) is 17.8 Å². The highest BCUT2D eigenvalue weighted by Crippen LogP contribution is 2.27. The van der Waals surface area contributed by atoms with Gasteiger partial charge in [0.15, 0.2) is 0 Å². The van der Waals surface area contributed by atoms with Gasteiger partial charge in [-0.1, -0.05) is 33.3 Å². The van der Waals surface area contributed by atoms with Crippen molar-refractivity contribution in [2.45, 2.75) is 68.2 Å². The molecule has 21 heavy (non-hydrogen) atoms. The molecular weight excluding hydrogens is 260 g/mol. The molecule has 0 heterocycles. The molecule has 122 valence electrons. The molecule has 0 N–H and O–H groups in total. The van der Waals surface area contributed by atoms with Crippen molar-refractivity contribution < 1.29 is 9.53 Å². The molecule has 0 aromatic rings. The third-order valence-electron chi connectivity index (χ3n) is 4.74. The number of carbonyl (C=O) groups is 1. The number of rotatable bonds is 8. The van der Waals surface area contributed by atoms with Crippen molar-refractivity contribution in [2.24, 2.45) is 17.8 Å². The second kappa shape index (κ2) is 9.81. The maximum absolute atomic E-state index is 11.5. The first-order valence-corrected chi connectivity index (χ1v) is 8.23. The summed E-state index contributed by atoms with van der Waals surface area (Å²) in [4.78, 5) is 11.5. The maximum Gasteiger partial charge on any atom is 0.331 e. The Morgan fingerprint density at radius 3 is 2.10 bits per heavy atom. The highest BCUT2D eigenvalue weighted by atomic mass is 16.5. The second-order valence-electron chi connectivity index (χ2n) is 6.59. The molecule has 0 fully saturated rings. The fraction of sp³-hybridized carbons (Fsp3) is 0.737. The van der Waals surface area contributed by atoms with E-state index in [-0.39, 0.29) is 5.97 Å². The number of allylic oxidation sites excluding steroid dienone is 3. The molecule has 2 nitrogen and oxygen atoms in total. The lowest BCUT2D eigenvalue weighted by molar-refractivity contribution is -0.137. The minimum Gasteiger partial charge on any atom is -0.463 e. The summed E-state index contributed by atoms with van der Waals surface area (Å²) >= 11 is 0. The maximum atomic E-state index is 11.5. The van der Waals surface area contributed by atoms with Gasteiger partial charge in [0.05, 0.1) is 6.61 Å². The van der Waals surface area contributed by atoms with Crippen LogP contribution in [-0.4, -0.2) is 12.6 Å². The summed E-state index contributed by atoms with van der Waals surface area (Å²) < 4.78 is 4.97. The van der Waals surface area contributed by atoms with Gasteiger partial charge < -0.3 is 4.74 Å². The van der Waals surface area contributed by atoms with Crippen LogP contribution in [0.25, 0.3) is 0 Å². The summed E-state index contributed by atoms with van der Waals surface area (Å²) in [6.07, 6.45) is 4.06. The fourth-order valence-corrected chi connectivity index (χ4v) is 2.21. The Morgan fingerprint density at radius 1 is 1.05 bits per heavy atom. The SMILES string of the molecule is CCOC(=O)C=C(C)C(C)=C(C)C(C)CCC(C)C(C)C. The third-order valence-corrected chi connectivity index (χ3v) is 4.74. The van der Waals surface area contributed by atoms with E-state index in [1.165, 1.54) is 24.0 Å². The number of hydrogen-bond donors (Lipinski definition) is 0. The summed E-state index contributed by atoms with van der Waals surface area (Å²) in [6.45, 7) is 17.7. The van der Waals surface area contributed by atoms with Gasteiger partial charge in [0, 0.05) is 6.08 Å². The van der Waals surface area contributed by atoms with Gasteiger partial charge in [-0.2, -0.15) is 0 Å². The monoisotopic (exact) mass is 294 g/mol. The Balaban J connectivity index is 4.76. The molecular formula is C19H34O2. The Kier molecular flexibility index (Phi) is 9.32. The van der Waals surface area contributed by atoms with Crippen LogP contribution in [0.4, 0.5) is 0 Å². The average Bonchev–Trinajstić information content (AvgIpc) is 2.42. The largest absolute Gasteiger partial charge is 0.463 e. The topological polar surface area (TPSA) is 26.3 Å². The third kappa shape index (κ3) is 7.50. The second-order valence-corrected chi connectivity index (χ2v) is 6.59. The van der Waals surface area contributed by atoms with E-state index in [2.05, 4.69) is 41.5 Å². The zero-order chi connectivity index (χ0) is 16.6. The lowest BCUT2D eigenvalue weighted by atomic mass is 9.85. The van der Waals surface area contributed by atoms with Crippen molar-refractivity contribution in [3.63, 3.8) is 0 Å². The molecule has 0 aliphatic rings. The Hall–Kier alpha value is -1.05. The van der Waals surface area contributed by atoms with Gasteiger partial charge in [-0.25, -0.2) is 4.79 Å². The van der Waals surface area contributed by atoms with Gasteiger partial charge in [0.2, 0.25) is 0 Å². The van der Waals surface area contributed by atoms with Crippen LogP contribution in [0.1, 0.15) is 68.2 Å². The lowest BCUT2D eigenvalue weighted by Gasteiger charge is -2.20. The van der Waals surface area contributed by atoms with Gasteiger partial charge in [0.1, 0.15) is 0 Å². The Bertz CT molecular complexity index is 388. The van der Waals surface area contributed by atoms with E-state index in [4.69, 9.17) is 4.74 Å². The highest BCUT2D eigenvalue weighted by molar-refractivity contribution is 5.83. The van der Waals surface area contributed by atoms with Crippen LogP contribution in [-0.2, 0) is 9.53 Å². The lowest BCUT2D eigenvalue weighted by Crippen LogP contribution is -2.08. The first kappa shape index (κ1) is 19.9. The smallest absolute Gasteiger partial charge is 0.331 e. The van der Waals surface area contributed by atoms with Gasteiger partial charge in [0.25, 0.3) is 0 Å². The average molecular weight is 294 g/mol. The number of carbonyl (C=O) groups excluding carboxylic acids is 1. The zero-order valence-corrected chi connectivity index (χ0v) is 15.2. The summed E-state index contributed by atoms with van der Waals surface area (Å²) in [5.41, 5.74) is 3.60. The predicted molar refractivity (Wildman–Crippen MR) is 91.2 cm³/mol. The molecule has 2 heteroatoms. The van der Waals surface area contributed by atoms with Gasteiger partial charge in [-0.15, -0.1) is 0 Å². The van der Waals surface area contributed by atoms with E-state index in [0.29, 0.717) is 12.5 Å². The molecule has 0 rings (SSSR count). The van der Waals surface area contributed by atoms with Crippen LogP contribution < -0.4 is 0 Å². The molecule has 0 aliphatic carbocycles. The Labute approximate surface area is 131 Å². The number of esters is 1. The van der Waals surface area contributed by atoms with E-state index in [0.717, 1.165) is 17.4 Å². The first-order chi connectivity index (χ1) is 9.70. The van der Waals surface area contributed by atoms with E-state index >= 15 is 0 Å². The molecule has 0 aromatic heterocycles. The van der Waals surface area contributed by atoms with Crippen molar-refractivity contribution >= 4 is 5.97 Å². The fourth-order valence-electron chi connectivity index (χ4n) is 2.21. The minimum absolute atomic E-state index is 0.247. The standard InChI is InChI=1S/C19H34O2/c1-9-21-19(20)12-16(6)18(8)17(7)15(5)11-10-14(4)13(2)3/h12-15H,9-11H2,1-8H3. The van der Waals surface area contributed by atoms with Crippen molar-refractivity contribution in [3.05, 3.63) is 22.8 Å². The van der Waals surface area contributed by atoms with Crippen molar-refractivity contribution in [2.75, 3.05) is 6.61 Å². The molecule has 0 saturated heterocycles. The van der Waals surface area contributed by atoms with Crippen molar-refractivity contribution in [1.29, 1.82) is 0 Å².